The van der Waals surface area contributed by atoms with Gasteiger partial charge in [0.2, 0.25) is 0 Å². The van der Waals surface area contributed by atoms with E-state index in [-0.39, 0.29) is 5.91 Å². The second kappa shape index (κ2) is 9.48. The topological polar surface area (TPSA) is 53.6 Å². The molecule has 2 N–H and O–H groups in total. The van der Waals surface area contributed by atoms with Crippen molar-refractivity contribution in [3.63, 3.8) is 0 Å². The van der Waals surface area contributed by atoms with Gasteiger partial charge in [-0.3, -0.25) is 9.69 Å². The average Bonchev–Trinajstić information content (AvgIpc) is 2.68. The van der Waals surface area contributed by atoms with E-state index in [1.807, 2.05) is 36.4 Å². The van der Waals surface area contributed by atoms with E-state index in [0.717, 1.165) is 37.4 Å². The Balaban J connectivity index is 1.55. The van der Waals surface area contributed by atoms with Gasteiger partial charge in [-0.15, -0.1) is 0 Å². The van der Waals surface area contributed by atoms with E-state index >= 15 is 0 Å². The molecule has 0 saturated carbocycles. The third kappa shape index (κ3) is 5.39. The molecule has 0 aromatic heterocycles. The highest BCUT2D eigenvalue weighted by atomic mass is 16.5. The van der Waals surface area contributed by atoms with Crippen molar-refractivity contribution in [2.24, 2.45) is 0 Å². The van der Waals surface area contributed by atoms with Crippen LogP contribution < -0.4 is 10.6 Å². The zero-order valence-electron chi connectivity index (χ0n) is 15.3. The molecule has 1 amide bonds. The van der Waals surface area contributed by atoms with Crippen LogP contribution in [-0.4, -0.2) is 43.2 Å². The van der Waals surface area contributed by atoms with E-state index < -0.39 is 6.10 Å². The number of ether oxygens (including phenoxy) is 1. The van der Waals surface area contributed by atoms with Crippen LogP contribution in [0.25, 0.3) is 0 Å². The number of nitrogens with zero attached hydrogens (tertiary/aromatic N) is 1. The molecule has 1 fully saturated rings. The van der Waals surface area contributed by atoms with Gasteiger partial charge in [-0.25, -0.2) is 0 Å². The molecule has 1 saturated heterocycles. The van der Waals surface area contributed by atoms with Gasteiger partial charge < -0.3 is 15.4 Å². The minimum absolute atomic E-state index is 0.0802. The summed E-state index contributed by atoms with van der Waals surface area (Å²) in [5.74, 6) is -0.0802. The number of carbonyl (C=O) groups is 1. The predicted molar refractivity (Wildman–Crippen MR) is 104 cm³/mol. The second-order valence-corrected chi connectivity index (χ2v) is 6.55. The highest BCUT2D eigenvalue weighted by molar-refractivity contribution is 5.94. The van der Waals surface area contributed by atoms with Crippen molar-refractivity contribution in [1.82, 2.24) is 10.2 Å². The molecule has 5 nitrogen and oxygen atoms in total. The highest BCUT2D eigenvalue weighted by Crippen LogP contribution is 2.14. The molecule has 2 aromatic rings. The van der Waals surface area contributed by atoms with Crippen LogP contribution in [0, 0.1) is 0 Å². The smallest absolute Gasteiger partial charge is 0.254 e. The van der Waals surface area contributed by atoms with Crippen LogP contribution in [0.4, 0.5) is 5.69 Å². The fourth-order valence-electron chi connectivity index (χ4n) is 3.10. The Kier molecular flexibility index (Phi) is 6.77. The first-order chi connectivity index (χ1) is 12.7. The Labute approximate surface area is 155 Å². The van der Waals surface area contributed by atoms with Crippen LogP contribution in [0.15, 0.2) is 54.6 Å². The Morgan fingerprint density at radius 1 is 1.15 bits per heavy atom. The fraction of sp³-hybridized carbons (Fsp3) is 0.381. The number of nitrogens with one attached hydrogen (secondary N) is 2. The van der Waals surface area contributed by atoms with Crippen LogP contribution in [0.1, 0.15) is 18.1 Å². The van der Waals surface area contributed by atoms with Crippen molar-refractivity contribution in [1.29, 1.82) is 0 Å². The molecule has 1 atom stereocenters. The molecule has 0 spiro atoms. The molecule has 5 heteroatoms. The van der Waals surface area contributed by atoms with Gasteiger partial charge in [0, 0.05) is 31.9 Å². The minimum Gasteiger partial charge on any atom is -0.366 e. The molecular formula is C21H27N3O2. The lowest BCUT2D eigenvalue weighted by Gasteiger charge is -2.32. The van der Waals surface area contributed by atoms with Crippen molar-refractivity contribution in [3.8, 4) is 0 Å². The second-order valence-electron chi connectivity index (χ2n) is 6.55. The molecule has 1 aliphatic rings. The van der Waals surface area contributed by atoms with Crippen molar-refractivity contribution >= 4 is 11.6 Å². The number of hydrogen-bond acceptors (Lipinski definition) is 4. The van der Waals surface area contributed by atoms with Crippen LogP contribution in [-0.2, 0) is 22.6 Å². The normalized spacial score (nSPS) is 17.8. The van der Waals surface area contributed by atoms with Gasteiger partial charge in [-0.1, -0.05) is 49.4 Å². The third-order valence-corrected chi connectivity index (χ3v) is 4.47. The monoisotopic (exact) mass is 353 g/mol. The van der Waals surface area contributed by atoms with Gasteiger partial charge in [-0.2, -0.15) is 0 Å². The summed E-state index contributed by atoms with van der Waals surface area (Å²) in [4.78, 5) is 14.9. The summed E-state index contributed by atoms with van der Waals surface area (Å²) in [5, 5.41) is 6.29. The van der Waals surface area contributed by atoms with E-state index in [4.69, 9.17) is 4.74 Å². The van der Waals surface area contributed by atoms with Crippen molar-refractivity contribution in [2.75, 3.05) is 31.6 Å². The molecule has 0 bridgehead atoms. The lowest BCUT2D eigenvalue weighted by atomic mass is 10.1. The van der Waals surface area contributed by atoms with Crippen molar-refractivity contribution in [2.45, 2.75) is 26.1 Å². The van der Waals surface area contributed by atoms with E-state index in [9.17, 15) is 4.79 Å². The van der Waals surface area contributed by atoms with E-state index in [0.29, 0.717) is 13.2 Å². The first-order valence-corrected chi connectivity index (χ1v) is 9.23. The molecule has 1 aliphatic heterocycles. The average molecular weight is 353 g/mol. The third-order valence-electron chi connectivity index (χ3n) is 4.47. The maximum atomic E-state index is 12.6. The number of rotatable bonds is 7. The summed E-state index contributed by atoms with van der Waals surface area (Å²) < 4.78 is 5.71. The Morgan fingerprint density at radius 3 is 2.77 bits per heavy atom. The standard InChI is InChI=1S/C21H27N3O2/c1-2-22-14-18-9-6-10-19(13-18)23-21(25)20-16-24(11-12-26-20)15-17-7-4-3-5-8-17/h3-10,13,20,22H,2,11-12,14-16H2,1H3,(H,23,25). The molecule has 1 unspecified atom stereocenters. The predicted octanol–water partition coefficient (Wildman–Crippen LogP) is 2.64. The molecule has 0 radical (unpaired) electrons. The molecule has 0 aliphatic carbocycles. The highest BCUT2D eigenvalue weighted by Gasteiger charge is 2.26. The number of amides is 1. The fourth-order valence-corrected chi connectivity index (χ4v) is 3.10. The van der Waals surface area contributed by atoms with E-state index in [1.54, 1.807) is 0 Å². The van der Waals surface area contributed by atoms with Gasteiger partial charge in [-0.05, 0) is 29.8 Å². The SMILES string of the molecule is CCNCc1cccc(NC(=O)C2CN(Cc3ccccc3)CCO2)c1. The van der Waals surface area contributed by atoms with Crippen LogP contribution >= 0.6 is 0 Å². The number of carbonyl (C=O) groups excluding carboxylic acids is 1. The van der Waals surface area contributed by atoms with Gasteiger partial charge in [0.1, 0.15) is 6.10 Å². The quantitative estimate of drug-likeness (QED) is 0.803. The largest absolute Gasteiger partial charge is 0.366 e. The van der Waals surface area contributed by atoms with Crippen LogP contribution in [0.5, 0.6) is 0 Å². The van der Waals surface area contributed by atoms with Gasteiger partial charge in [0.25, 0.3) is 5.91 Å². The summed E-state index contributed by atoms with van der Waals surface area (Å²) in [6, 6.07) is 18.3. The summed E-state index contributed by atoms with van der Waals surface area (Å²) in [7, 11) is 0. The van der Waals surface area contributed by atoms with Crippen molar-refractivity contribution < 1.29 is 9.53 Å². The Morgan fingerprint density at radius 2 is 1.96 bits per heavy atom. The lowest BCUT2D eigenvalue weighted by Crippen LogP contribution is -2.47. The van der Waals surface area contributed by atoms with E-state index in [2.05, 4.69) is 40.7 Å². The molecule has 1 heterocycles. The minimum atomic E-state index is -0.440. The number of anilines is 1. The first kappa shape index (κ1) is 18.6. The first-order valence-electron chi connectivity index (χ1n) is 9.23. The summed E-state index contributed by atoms with van der Waals surface area (Å²) in [6.45, 7) is 6.66. The summed E-state index contributed by atoms with van der Waals surface area (Å²) in [5.41, 5.74) is 3.22. The molecule has 26 heavy (non-hydrogen) atoms. The van der Waals surface area contributed by atoms with Crippen LogP contribution in [0.2, 0.25) is 0 Å². The number of morpholine rings is 1. The summed E-state index contributed by atoms with van der Waals surface area (Å²) >= 11 is 0. The molecule has 2 aromatic carbocycles. The van der Waals surface area contributed by atoms with Gasteiger partial charge >= 0.3 is 0 Å². The van der Waals surface area contributed by atoms with Crippen molar-refractivity contribution in [3.05, 3.63) is 65.7 Å². The zero-order valence-corrected chi connectivity index (χ0v) is 15.3. The van der Waals surface area contributed by atoms with E-state index in [1.165, 1.54) is 5.56 Å². The maximum absolute atomic E-state index is 12.6. The Bertz CT molecular complexity index is 705. The summed E-state index contributed by atoms with van der Waals surface area (Å²) in [6.07, 6.45) is -0.440. The molecular weight excluding hydrogens is 326 g/mol. The zero-order chi connectivity index (χ0) is 18.2. The number of benzene rings is 2. The van der Waals surface area contributed by atoms with Gasteiger partial charge in [0.05, 0.1) is 6.61 Å². The van der Waals surface area contributed by atoms with Crippen LogP contribution in [0.3, 0.4) is 0 Å². The number of hydrogen-bond donors (Lipinski definition) is 2. The Hall–Kier alpha value is -2.21. The molecule has 138 valence electrons. The van der Waals surface area contributed by atoms with Gasteiger partial charge in [0.15, 0.2) is 0 Å². The maximum Gasteiger partial charge on any atom is 0.254 e. The molecule has 3 rings (SSSR count). The lowest BCUT2D eigenvalue weighted by molar-refractivity contribution is -0.133.